The standard InChI is InChI=1S/C18H19FN2OS/c19-14-7-5-13(6-8-14)18-20-15(10-23-18)9-16(22)21-17(11-1-2-11)12-3-4-12/h5-8,10-12,17H,1-4,9H2,(H,21,22). The average Bonchev–Trinajstić information content (AvgIpc) is 3.45. The third kappa shape index (κ3) is 3.61. The van der Waals surface area contributed by atoms with E-state index in [0.717, 1.165) is 16.3 Å². The Kier molecular flexibility index (Phi) is 3.89. The van der Waals surface area contributed by atoms with Crippen molar-refractivity contribution >= 4 is 17.2 Å². The lowest BCUT2D eigenvalue weighted by Crippen LogP contribution is -2.39. The number of carbonyl (C=O) groups is 1. The number of aromatic nitrogens is 1. The largest absolute Gasteiger partial charge is 0.352 e. The van der Waals surface area contributed by atoms with E-state index in [0.29, 0.717) is 24.3 Å². The molecule has 0 spiro atoms. The summed E-state index contributed by atoms with van der Waals surface area (Å²) in [7, 11) is 0. The summed E-state index contributed by atoms with van der Waals surface area (Å²) in [5, 5.41) is 5.97. The predicted molar refractivity (Wildman–Crippen MR) is 88.6 cm³/mol. The van der Waals surface area contributed by atoms with E-state index in [4.69, 9.17) is 0 Å². The normalized spacial score (nSPS) is 17.5. The number of rotatable bonds is 6. The molecule has 2 aliphatic rings. The molecule has 0 bridgehead atoms. The smallest absolute Gasteiger partial charge is 0.226 e. The van der Waals surface area contributed by atoms with Gasteiger partial charge in [-0.15, -0.1) is 11.3 Å². The fourth-order valence-corrected chi connectivity index (χ4v) is 3.87. The molecule has 0 atom stereocenters. The predicted octanol–water partition coefficient (Wildman–Crippen LogP) is 3.80. The van der Waals surface area contributed by atoms with Crippen LogP contribution in [0.25, 0.3) is 10.6 Å². The number of halogens is 1. The molecule has 2 saturated carbocycles. The molecule has 1 aromatic carbocycles. The molecule has 1 N–H and O–H groups in total. The van der Waals surface area contributed by atoms with Gasteiger partial charge in [0.15, 0.2) is 0 Å². The first-order chi connectivity index (χ1) is 11.2. The minimum atomic E-state index is -0.254. The van der Waals surface area contributed by atoms with Crippen molar-refractivity contribution in [2.75, 3.05) is 0 Å². The summed E-state index contributed by atoms with van der Waals surface area (Å²) < 4.78 is 13.0. The van der Waals surface area contributed by atoms with Gasteiger partial charge in [0.05, 0.1) is 12.1 Å². The Morgan fingerprint density at radius 2 is 1.87 bits per heavy atom. The molecule has 120 valence electrons. The first-order valence-electron chi connectivity index (χ1n) is 8.19. The highest BCUT2D eigenvalue weighted by molar-refractivity contribution is 7.13. The van der Waals surface area contributed by atoms with Crippen molar-refractivity contribution < 1.29 is 9.18 Å². The van der Waals surface area contributed by atoms with Crippen LogP contribution in [0.2, 0.25) is 0 Å². The summed E-state index contributed by atoms with van der Waals surface area (Å²) in [5.74, 6) is 1.23. The van der Waals surface area contributed by atoms with E-state index in [1.54, 1.807) is 12.1 Å². The van der Waals surface area contributed by atoms with E-state index in [2.05, 4.69) is 10.3 Å². The molecule has 2 fully saturated rings. The summed E-state index contributed by atoms with van der Waals surface area (Å²) in [6.45, 7) is 0. The molecule has 0 aliphatic heterocycles. The third-order valence-electron chi connectivity index (χ3n) is 4.57. The highest BCUT2D eigenvalue weighted by Gasteiger charge is 2.42. The van der Waals surface area contributed by atoms with E-state index >= 15 is 0 Å². The van der Waals surface area contributed by atoms with Crippen LogP contribution in [0.4, 0.5) is 4.39 Å². The lowest BCUT2D eigenvalue weighted by Gasteiger charge is -2.17. The molecule has 4 rings (SSSR count). The molecule has 23 heavy (non-hydrogen) atoms. The SMILES string of the molecule is O=C(Cc1csc(-c2ccc(F)cc2)n1)NC(C1CC1)C1CC1. The first-order valence-corrected chi connectivity index (χ1v) is 9.07. The second kappa shape index (κ2) is 6.04. The molecule has 3 nitrogen and oxygen atoms in total. The van der Waals surface area contributed by atoms with Gasteiger partial charge < -0.3 is 5.32 Å². The summed E-state index contributed by atoms with van der Waals surface area (Å²) in [6, 6.07) is 6.68. The quantitative estimate of drug-likeness (QED) is 0.875. The Balaban J connectivity index is 1.38. The molecular formula is C18H19FN2OS. The van der Waals surface area contributed by atoms with Gasteiger partial charge in [0.25, 0.3) is 0 Å². The number of nitrogens with zero attached hydrogens (tertiary/aromatic N) is 1. The van der Waals surface area contributed by atoms with Gasteiger partial charge in [-0.1, -0.05) is 0 Å². The van der Waals surface area contributed by atoms with E-state index in [-0.39, 0.29) is 11.7 Å². The van der Waals surface area contributed by atoms with E-state index in [1.165, 1.54) is 49.2 Å². The third-order valence-corrected chi connectivity index (χ3v) is 5.51. The van der Waals surface area contributed by atoms with E-state index in [9.17, 15) is 9.18 Å². The summed E-state index contributed by atoms with van der Waals surface area (Å²) in [4.78, 5) is 16.8. The van der Waals surface area contributed by atoms with Crippen molar-refractivity contribution in [1.82, 2.24) is 10.3 Å². The van der Waals surface area contributed by atoms with Gasteiger partial charge in [-0.2, -0.15) is 0 Å². The molecule has 2 aromatic rings. The molecule has 2 aliphatic carbocycles. The lowest BCUT2D eigenvalue weighted by atomic mass is 10.1. The van der Waals surface area contributed by atoms with Gasteiger partial charge in [0.2, 0.25) is 5.91 Å². The van der Waals surface area contributed by atoms with Crippen molar-refractivity contribution in [3.05, 3.63) is 41.2 Å². The molecule has 1 aromatic heterocycles. The minimum absolute atomic E-state index is 0.0738. The van der Waals surface area contributed by atoms with Crippen LogP contribution < -0.4 is 5.32 Å². The van der Waals surface area contributed by atoms with Gasteiger partial charge in [0, 0.05) is 17.0 Å². The number of amides is 1. The monoisotopic (exact) mass is 330 g/mol. The van der Waals surface area contributed by atoms with Crippen LogP contribution in [0.3, 0.4) is 0 Å². The van der Waals surface area contributed by atoms with Crippen LogP contribution in [0.5, 0.6) is 0 Å². The van der Waals surface area contributed by atoms with Crippen LogP contribution in [0.1, 0.15) is 31.4 Å². The Bertz CT molecular complexity index is 692. The zero-order valence-corrected chi connectivity index (χ0v) is 13.6. The second-order valence-electron chi connectivity index (χ2n) is 6.60. The van der Waals surface area contributed by atoms with Crippen LogP contribution in [-0.4, -0.2) is 16.9 Å². The molecule has 0 saturated heterocycles. The van der Waals surface area contributed by atoms with Crippen molar-refractivity contribution in [2.45, 2.75) is 38.1 Å². The van der Waals surface area contributed by atoms with Gasteiger partial charge >= 0.3 is 0 Å². The van der Waals surface area contributed by atoms with Crippen molar-refractivity contribution in [2.24, 2.45) is 11.8 Å². The molecule has 0 radical (unpaired) electrons. The van der Waals surface area contributed by atoms with E-state index < -0.39 is 0 Å². The number of benzene rings is 1. The summed E-state index contributed by atoms with van der Waals surface area (Å²) >= 11 is 1.49. The maximum absolute atomic E-state index is 13.0. The van der Waals surface area contributed by atoms with Gasteiger partial charge in [0.1, 0.15) is 10.8 Å². The zero-order chi connectivity index (χ0) is 15.8. The number of hydrogen-bond acceptors (Lipinski definition) is 3. The number of carbonyl (C=O) groups excluding carboxylic acids is 1. The second-order valence-corrected chi connectivity index (χ2v) is 7.45. The van der Waals surface area contributed by atoms with Crippen LogP contribution in [0.15, 0.2) is 29.6 Å². The van der Waals surface area contributed by atoms with E-state index in [1.807, 2.05) is 5.38 Å². The Hall–Kier alpha value is -1.75. The molecule has 1 heterocycles. The molecule has 0 unspecified atom stereocenters. The molecule has 5 heteroatoms. The van der Waals surface area contributed by atoms with Crippen LogP contribution in [0, 0.1) is 17.7 Å². The maximum Gasteiger partial charge on any atom is 0.226 e. The van der Waals surface area contributed by atoms with Crippen molar-refractivity contribution in [3.63, 3.8) is 0 Å². The van der Waals surface area contributed by atoms with Crippen LogP contribution in [-0.2, 0) is 11.2 Å². The average molecular weight is 330 g/mol. The Morgan fingerprint density at radius 3 is 2.48 bits per heavy atom. The van der Waals surface area contributed by atoms with Gasteiger partial charge in [-0.05, 0) is 61.8 Å². The molecule has 1 amide bonds. The fraction of sp³-hybridized carbons (Fsp3) is 0.444. The van der Waals surface area contributed by atoms with Crippen molar-refractivity contribution in [1.29, 1.82) is 0 Å². The van der Waals surface area contributed by atoms with Gasteiger partial charge in [-0.3, -0.25) is 4.79 Å². The highest BCUT2D eigenvalue weighted by atomic mass is 32.1. The topological polar surface area (TPSA) is 42.0 Å². The first kappa shape index (κ1) is 14.8. The highest BCUT2D eigenvalue weighted by Crippen LogP contribution is 2.44. The number of nitrogens with one attached hydrogen (secondary N) is 1. The van der Waals surface area contributed by atoms with Crippen molar-refractivity contribution in [3.8, 4) is 10.6 Å². The fourth-order valence-electron chi connectivity index (χ4n) is 3.05. The summed E-state index contributed by atoms with van der Waals surface area (Å²) in [6.07, 6.45) is 5.35. The summed E-state index contributed by atoms with van der Waals surface area (Å²) in [5.41, 5.74) is 1.68. The lowest BCUT2D eigenvalue weighted by molar-refractivity contribution is -0.121. The minimum Gasteiger partial charge on any atom is -0.352 e. The number of hydrogen-bond donors (Lipinski definition) is 1. The van der Waals surface area contributed by atoms with Gasteiger partial charge in [-0.25, -0.2) is 9.37 Å². The number of thiazole rings is 1. The van der Waals surface area contributed by atoms with Crippen LogP contribution >= 0.6 is 11.3 Å². The molecular weight excluding hydrogens is 311 g/mol. The Labute approximate surface area is 138 Å². The zero-order valence-electron chi connectivity index (χ0n) is 12.8. The Morgan fingerprint density at radius 1 is 1.22 bits per heavy atom. The maximum atomic E-state index is 13.0.